The van der Waals surface area contributed by atoms with Crippen LogP contribution >= 0.6 is 0 Å². The number of nitrogens with two attached hydrogens (primary N) is 2. The summed E-state index contributed by atoms with van der Waals surface area (Å²) in [4.78, 5) is 14.4. The molecule has 0 spiro atoms. The van der Waals surface area contributed by atoms with E-state index in [1.165, 1.54) is 6.07 Å². The Morgan fingerprint density at radius 1 is 1.00 bits per heavy atom. The van der Waals surface area contributed by atoms with Gasteiger partial charge >= 0.3 is 6.09 Å². The summed E-state index contributed by atoms with van der Waals surface area (Å²) in [5, 5.41) is 13.1. The van der Waals surface area contributed by atoms with Crippen LogP contribution in [0.1, 0.15) is 24.5 Å². The van der Waals surface area contributed by atoms with Crippen LogP contribution in [0.4, 0.5) is 4.79 Å². The average molecular weight is 467 g/mol. The Morgan fingerprint density at radius 2 is 1.64 bits per heavy atom. The minimum Gasteiger partial charge on any atom is -0.410 e. The van der Waals surface area contributed by atoms with Crippen molar-refractivity contribution in [1.29, 1.82) is 5.41 Å². The summed E-state index contributed by atoms with van der Waals surface area (Å²) < 4.78 is 29.3. The molecule has 0 saturated carbocycles. The molecule has 0 bridgehead atoms. The van der Waals surface area contributed by atoms with Crippen LogP contribution in [0.2, 0.25) is 0 Å². The Labute approximate surface area is 193 Å². The number of carbonyl (C=O) groups excluding carboxylic acids is 1. The number of nitrogen functional groups attached to an aromatic ring is 1. The number of rotatable bonds is 8. The number of nitrogens with one attached hydrogen (secondary N) is 1. The van der Waals surface area contributed by atoms with E-state index >= 15 is 0 Å². The highest BCUT2D eigenvalue weighted by Crippen LogP contribution is 2.28. The first-order valence-electron chi connectivity index (χ1n) is 10.3. The Bertz CT molecular complexity index is 1260. The third-order valence-corrected chi connectivity index (χ3v) is 5.95. The molecule has 3 aromatic carbocycles. The molecule has 0 aliphatic rings. The molecule has 0 unspecified atom stereocenters. The molecule has 172 valence electrons. The highest BCUT2D eigenvalue weighted by atomic mass is 32.2. The van der Waals surface area contributed by atoms with Crippen molar-refractivity contribution in [2.24, 2.45) is 10.9 Å². The van der Waals surface area contributed by atoms with Crippen molar-refractivity contribution < 1.29 is 17.9 Å². The number of benzene rings is 3. The van der Waals surface area contributed by atoms with Crippen LogP contribution < -0.4 is 15.6 Å². The molecule has 5 N–H and O–H groups in total. The van der Waals surface area contributed by atoms with E-state index in [1.807, 2.05) is 19.1 Å². The molecule has 3 aromatic rings. The monoisotopic (exact) mass is 466 g/mol. The van der Waals surface area contributed by atoms with E-state index < -0.39 is 16.1 Å². The average Bonchev–Trinajstić information content (AvgIpc) is 2.79. The molecule has 0 radical (unpaired) electrons. The largest absolute Gasteiger partial charge is 0.415 e. The van der Waals surface area contributed by atoms with Gasteiger partial charge in [-0.05, 0) is 35.7 Å². The van der Waals surface area contributed by atoms with Crippen LogP contribution in [0.15, 0.2) is 77.7 Å². The molecule has 0 fully saturated rings. The lowest BCUT2D eigenvalue weighted by molar-refractivity contribution is 0.149. The number of nitrogens with zero attached hydrogens (tertiary/aromatic N) is 1. The molecule has 0 aliphatic heterocycles. The number of primary sulfonamides is 1. The van der Waals surface area contributed by atoms with Gasteiger partial charge in [-0.15, -0.1) is 0 Å². The second-order valence-electron chi connectivity index (χ2n) is 7.43. The van der Waals surface area contributed by atoms with Gasteiger partial charge in [0.25, 0.3) is 0 Å². The normalized spacial score (nSPS) is 11.1. The van der Waals surface area contributed by atoms with E-state index in [2.05, 4.69) is 0 Å². The van der Waals surface area contributed by atoms with Gasteiger partial charge in [-0.25, -0.2) is 18.4 Å². The van der Waals surface area contributed by atoms with E-state index in [0.717, 1.165) is 12.0 Å². The van der Waals surface area contributed by atoms with E-state index in [-0.39, 0.29) is 17.3 Å². The van der Waals surface area contributed by atoms with Crippen molar-refractivity contribution in [2.45, 2.75) is 24.8 Å². The van der Waals surface area contributed by atoms with E-state index in [1.54, 1.807) is 59.5 Å². The number of ether oxygens (including phenoxy) is 1. The maximum absolute atomic E-state index is 12.9. The summed E-state index contributed by atoms with van der Waals surface area (Å²) in [6.45, 7) is 2.67. The summed E-state index contributed by atoms with van der Waals surface area (Å²) in [7, 11) is -3.88. The molecule has 0 heterocycles. The predicted octanol–water partition coefficient (Wildman–Crippen LogP) is 3.70. The van der Waals surface area contributed by atoms with E-state index in [9.17, 15) is 13.2 Å². The smallest absolute Gasteiger partial charge is 0.410 e. The first-order chi connectivity index (χ1) is 15.7. The molecule has 3 rings (SSSR count). The fourth-order valence-electron chi connectivity index (χ4n) is 3.45. The predicted molar refractivity (Wildman–Crippen MR) is 127 cm³/mol. The Hall–Kier alpha value is -3.69. The quantitative estimate of drug-likeness (QED) is 0.343. The second kappa shape index (κ2) is 10.3. The highest BCUT2D eigenvalue weighted by molar-refractivity contribution is 7.89. The van der Waals surface area contributed by atoms with Crippen molar-refractivity contribution >= 4 is 22.0 Å². The van der Waals surface area contributed by atoms with Crippen LogP contribution in [-0.2, 0) is 16.6 Å². The minimum absolute atomic E-state index is 0.0213. The van der Waals surface area contributed by atoms with Crippen molar-refractivity contribution in [3.05, 3.63) is 83.9 Å². The minimum atomic E-state index is -3.88. The van der Waals surface area contributed by atoms with Crippen LogP contribution in [0.25, 0.3) is 11.1 Å². The zero-order valence-electron chi connectivity index (χ0n) is 18.2. The van der Waals surface area contributed by atoms with Gasteiger partial charge in [-0.1, -0.05) is 61.5 Å². The fourth-order valence-corrected chi connectivity index (χ4v) is 4.21. The van der Waals surface area contributed by atoms with Crippen molar-refractivity contribution in [2.75, 3.05) is 6.54 Å². The van der Waals surface area contributed by atoms with Gasteiger partial charge in [0.05, 0.1) is 4.90 Å². The summed E-state index contributed by atoms with van der Waals surface area (Å²) >= 11 is 0. The lowest BCUT2D eigenvalue weighted by Crippen LogP contribution is -2.34. The number of amidine groups is 1. The van der Waals surface area contributed by atoms with Gasteiger partial charge in [0.2, 0.25) is 10.0 Å². The van der Waals surface area contributed by atoms with Crippen LogP contribution in [0.5, 0.6) is 5.75 Å². The summed E-state index contributed by atoms with van der Waals surface area (Å²) in [6, 6.07) is 20.1. The Kier molecular flexibility index (Phi) is 7.47. The third kappa shape index (κ3) is 5.97. The maximum atomic E-state index is 12.9. The number of sulfonamides is 1. The first-order valence-corrected chi connectivity index (χ1v) is 11.9. The lowest BCUT2D eigenvalue weighted by Gasteiger charge is -2.22. The van der Waals surface area contributed by atoms with Gasteiger partial charge in [-0.3, -0.25) is 5.41 Å². The third-order valence-electron chi connectivity index (χ3n) is 4.98. The van der Waals surface area contributed by atoms with Crippen molar-refractivity contribution in [1.82, 2.24) is 4.90 Å². The summed E-state index contributed by atoms with van der Waals surface area (Å²) in [5.74, 6) is 0.253. The van der Waals surface area contributed by atoms with Gasteiger partial charge < -0.3 is 15.4 Å². The first kappa shape index (κ1) is 24.0. The van der Waals surface area contributed by atoms with Crippen molar-refractivity contribution in [3.8, 4) is 16.9 Å². The van der Waals surface area contributed by atoms with Crippen molar-refractivity contribution in [3.63, 3.8) is 0 Å². The SMILES string of the molecule is CCCN(Cc1ccccc1C(=N)N)C(=O)Oc1ccc(-c2ccccc2S(N)(=O)=O)cc1. The summed E-state index contributed by atoms with van der Waals surface area (Å²) in [6.07, 6.45) is 0.188. The molecule has 8 nitrogen and oxygen atoms in total. The van der Waals surface area contributed by atoms with E-state index in [4.69, 9.17) is 21.0 Å². The molecule has 0 atom stereocenters. The topological polar surface area (TPSA) is 140 Å². The molecule has 9 heteroatoms. The molecule has 0 saturated heterocycles. The van der Waals surface area contributed by atoms with Gasteiger partial charge in [0.15, 0.2) is 0 Å². The number of hydrogen-bond donors (Lipinski definition) is 3. The maximum Gasteiger partial charge on any atom is 0.415 e. The number of carbonyl (C=O) groups is 1. The van der Waals surface area contributed by atoms with Gasteiger partial charge in [0, 0.05) is 24.2 Å². The standard InChI is InChI=1S/C24H26N4O4S/c1-2-15-28(16-18-7-3-4-9-21(18)23(25)26)24(29)32-19-13-11-17(12-14-19)20-8-5-6-10-22(20)33(27,30)31/h3-14H,2,15-16H2,1H3,(H3,25,26)(H2,27,30,31). The van der Waals surface area contributed by atoms with E-state index in [0.29, 0.717) is 29.0 Å². The highest BCUT2D eigenvalue weighted by Gasteiger charge is 2.19. The molecule has 0 aliphatic carbocycles. The molecule has 33 heavy (non-hydrogen) atoms. The zero-order chi connectivity index (χ0) is 24.0. The van der Waals surface area contributed by atoms with Crippen LogP contribution in [0.3, 0.4) is 0 Å². The number of amides is 1. The second-order valence-corrected chi connectivity index (χ2v) is 8.96. The van der Waals surface area contributed by atoms with Gasteiger partial charge in [0.1, 0.15) is 11.6 Å². The fraction of sp³-hybridized carbons (Fsp3) is 0.167. The van der Waals surface area contributed by atoms with Crippen LogP contribution in [-0.4, -0.2) is 31.8 Å². The Balaban J connectivity index is 1.79. The summed E-state index contributed by atoms with van der Waals surface area (Å²) in [5.41, 5.74) is 8.08. The van der Waals surface area contributed by atoms with Crippen LogP contribution in [0, 0.1) is 5.41 Å². The van der Waals surface area contributed by atoms with Gasteiger partial charge in [-0.2, -0.15) is 0 Å². The molecular weight excluding hydrogens is 440 g/mol. The molecule has 0 aromatic heterocycles. The molecular formula is C24H26N4O4S. The Morgan fingerprint density at radius 3 is 2.27 bits per heavy atom. The lowest BCUT2D eigenvalue weighted by atomic mass is 10.1. The zero-order valence-corrected chi connectivity index (χ0v) is 19.0. The number of hydrogen-bond acceptors (Lipinski definition) is 5. The molecule has 1 amide bonds.